The smallest absolute Gasteiger partial charge is 0.225 e. The van der Waals surface area contributed by atoms with Crippen LogP contribution in [0.15, 0.2) is 0 Å². The molecule has 0 spiro atoms. The van der Waals surface area contributed by atoms with Crippen LogP contribution >= 0.6 is 15.9 Å². The molecule has 18 heavy (non-hydrogen) atoms. The summed E-state index contributed by atoms with van der Waals surface area (Å²) in [4.78, 5) is 12.3. The van der Waals surface area contributed by atoms with E-state index in [1.54, 1.807) is 0 Å². The molecule has 0 radical (unpaired) electrons. The van der Waals surface area contributed by atoms with Gasteiger partial charge in [0, 0.05) is 10.9 Å². The third-order valence-electron chi connectivity index (χ3n) is 4.30. The maximum absolute atomic E-state index is 12.3. The molecule has 0 aromatic carbocycles. The molecule has 2 aliphatic rings. The van der Waals surface area contributed by atoms with E-state index in [0.717, 1.165) is 24.6 Å². The van der Waals surface area contributed by atoms with Gasteiger partial charge in [0.2, 0.25) is 5.91 Å². The van der Waals surface area contributed by atoms with Crippen molar-refractivity contribution in [2.75, 3.05) is 11.9 Å². The van der Waals surface area contributed by atoms with E-state index in [0.29, 0.717) is 12.5 Å². The molecule has 1 aliphatic heterocycles. The highest BCUT2D eigenvalue weighted by Gasteiger charge is 2.38. The first-order valence-electron chi connectivity index (χ1n) is 7.04. The Morgan fingerprint density at radius 2 is 2.28 bits per heavy atom. The first-order chi connectivity index (χ1) is 8.54. The van der Waals surface area contributed by atoms with Crippen molar-refractivity contribution >= 4 is 21.8 Å². The summed E-state index contributed by atoms with van der Waals surface area (Å²) in [7, 11) is 0. The topological polar surface area (TPSA) is 38.3 Å². The predicted molar refractivity (Wildman–Crippen MR) is 75.8 cm³/mol. The Bertz CT molecular complexity index is 310. The van der Waals surface area contributed by atoms with Gasteiger partial charge in [0.05, 0.1) is 18.6 Å². The van der Waals surface area contributed by atoms with Crippen molar-refractivity contribution in [3.8, 4) is 0 Å². The van der Waals surface area contributed by atoms with E-state index in [1.807, 2.05) is 6.92 Å². The average Bonchev–Trinajstić information content (AvgIpc) is 2.76. The van der Waals surface area contributed by atoms with E-state index in [1.165, 1.54) is 12.8 Å². The Kier molecular flexibility index (Phi) is 4.70. The minimum atomic E-state index is -0.0272. The van der Waals surface area contributed by atoms with Crippen molar-refractivity contribution in [1.82, 2.24) is 5.32 Å². The largest absolute Gasteiger partial charge is 0.378 e. The van der Waals surface area contributed by atoms with Crippen LogP contribution in [0.25, 0.3) is 0 Å². The van der Waals surface area contributed by atoms with Gasteiger partial charge >= 0.3 is 0 Å². The number of hydrogen-bond donors (Lipinski definition) is 1. The van der Waals surface area contributed by atoms with Crippen molar-refractivity contribution in [1.29, 1.82) is 0 Å². The Balaban J connectivity index is 1.95. The zero-order valence-corrected chi connectivity index (χ0v) is 13.0. The summed E-state index contributed by atoms with van der Waals surface area (Å²) in [6.07, 6.45) is 5.77. The van der Waals surface area contributed by atoms with E-state index in [-0.39, 0.29) is 23.5 Å². The summed E-state index contributed by atoms with van der Waals surface area (Å²) in [6.45, 7) is 4.90. The molecule has 4 unspecified atom stereocenters. The van der Waals surface area contributed by atoms with Crippen LogP contribution in [0.2, 0.25) is 0 Å². The lowest BCUT2D eigenvalue weighted by atomic mass is 9.77. The molecular weight excluding hydrogens is 294 g/mol. The number of carbonyl (C=O) groups is 1. The second-order valence-corrected chi connectivity index (χ2v) is 6.74. The number of ether oxygens (including phenoxy) is 1. The monoisotopic (exact) mass is 317 g/mol. The number of amides is 1. The molecule has 3 nitrogen and oxygen atoms in total. The number of alkyl halides is 1. The summed E-state index contributed by atoms with van der Waals surface area (Å²) >= 11 is 3.60. The molecule has 2 fully saturated rings. The van der Waals surface area contributed by atoms with E-state index < -0.39 is 0 Å². The zero-order chi connectivity index (χ0) is 13.2. The van der Waals surface area contributed by atoms with Gasteiger partial charge in [-0.05, 0) is 32.1 Å². The molecule has 1 heterocycles. The van der Waals surface area contributed by atoms with Crippen LogP contribution in [-0.4, -0.2) is 29.5 Å². The third kappa shape index (κ3) is 3.27. The van der Waals surface area contributed by atoms with E-state index in [4.69, 9.17) is 4.74 Å². The molecule has 1 saturated carbocycles. The average molecular weight is 318 g/mol. The molecule has 1 amide bonds. The van der Waals surface area contributed by atoms with E-state index in [2.05, 4.69) is 28.2 Å². The van der Waals surface area contributed by atoms with Crippen molar-refractivity contribution in [2.45, 2.75) is 57.6 Å². The summed E-state index contributed by atoms with van der Waals surface area (Å²) < 4.78 is 5.49. The number of nitrogens with one attached hydrogen (secondary N) is 1. The Labute approximate surface area is 118 Å². The van der Waals surface area contributed by atoms with E-state index >= 15 is 0 Å². The van der Waals surface area contributed by atoms with Gasteiger partial charge in [-0.25, -0.2) is 0 Å². The van der Waals surface area contributed by atoms with Crippen molar-refractivity contribution in [3.05, 3.63) is 0 Å². The summed E-state index contributed by atoms with van der Waals surface area (Å²) in [5.74, 6) is 0.941. The highest BCUT2D eigenvalue weighted by Crippen LogP contribution is 2.34. The molecule has 2 rings (SSSR count). The van der Waals surface area contributed by atoms with Gasteiger partial charge in [-0.15, -0.1) is 0 Å². The highest BCUT2D eigenvalue weighted by atomic mass is 79.9. The number of hydrogen-bond acceptors (Lipinski definition) is 2. The molecule has 0 bridgehead atoms. The number of carbonyl (C=O) groups excluding carboxylic acids is 1. The standard InChI is InChI=1S/C14H24BrNO2/c1-10-4-3-5-14(7-10,9-15)16-13(17)12-6-11(2)18-8-12/h10-12H,3-9H2,1-2H3,(H,16,17). The van der Waals surface area contributed by atoms with Gasteiger partial charge in [0.15, 0.2) is 0 Å². The first-order valence-corrected chi connectivity index (χ1v) is 8.16. The van der Waals surface area contributed by atoms with Gasteiger partial charge in [-0.1, -0.05) is 35.7 Å². The Morgan fingerprint density at radius 1 is 1.50 bits per heavy atom. The molecule has 0 aromatic rings. The Hall–Kier alpha value is -0.0900. The molecule has 104 valence electrons. The lowest BCUT2D eigenvalue weighted by Gasteiger charge is -2.40. The molecule has 1 aliphatic carbocycles. The van der Waals surface area contributed by atoms with E-state index in [9.17, 15) is 4.79 Å². The van der Waals surface area contributed by atoms with Crippen LogP contribution in [0.5, 0.6) is 0 Å². The third-order valence-corrected chi connectivity index (χ3v) is 5.38. The fourth-order valence-electron chi connectivity index (χ4n) is 3.29. The quantitative estimate of drug-likeness (QED) is 0.813. The van der Waals surface area contributed by atoms with Gasteiger partial charge in [-0.2, -0.15) is 0 Å². The van der Waals surface area contributed by atoms with Crippen LogP contribution in [0.1, 0.15) is 46.0 Å². The van der Waals surface area contributed by atoms with Gasteiger partial charge < -0.3 is 10.1 Å². The molecule has 4 atom stereocenters. The zero-order valence-electron chi connectivity index (χ0n) is 11.4. The van der Waals surface area contributed by atoms with Crippen molar-refractivity contribution in [3.63, 3.8) is 0 Å². The van der Waals surface area contributed by atoms with Crippen molar-refractivity contribution < 1.29 is 9.53 Å². The lowest BCUT2D eigenvalue weighted by molar-refractivity contribution is -0.127. The predicted octanol–water partition coefficient (Wildman–Crippen LogP) is 2.87. The minimum Gasteiger partial charge on any atom is -0.378 e. The Morgan fingerprint density at radius 3 is 2.83 bits per heavy atom. The molecule has 4 heteroatoms. The van der Waals surface area contributed by atoms with Gasteiger partial charge in [0.1, 0.15) is 0 Å². The molecular formula is C14H24BrNO2. The molecule has 1 N–H and O–H groups in total. The summed E-state index contributed by atoms with van der Waals surface area (Å²) in [5, 5.41) is 4.17. The highest BCUT2D eigenvalue weighted by molar-refractivity contribution is 9.09. The van der Waals surface area contributed by atoms with Gasteiger partial charge in [0.25, 0.3) is 0 Å². The van der Waals surface area contributed by atoms with Crippen molar-refractivity contribution in [2.24, 2.45) is 11.8 Å². The maximum atomic E-state index is 12.3. The second-order valence-electron chi connectivity index (χ2n) is 6.18. The fraction of sp³-hybridized carbons (Fsp3) is 0.929. The fourth-order valence-corrected chi connectivity index (χ4v) is 3.94. The number of rotatable bonds is 3. The van der Waals surface area contributed by atoms with Crippen LogP contribution < -0.4 is 5.32 Å². The first kappa shape index (κ1) is 14.3. The van der Waals surface area contributed by atoms with Crippen LogP contribution in [0, 0.1) is 11.8 Å². The molecule has 0 aromatic heterocycles. The minimum absolute atomic E-state index is 0.0272. The SMILES string of the molecule is CC1CCCC(CBr)(NC(=O)C2COC(C)C2)C1. The second kappa shape index (κ2) is 5.91. The number of halogens is 1. The summed E-state index contributed by atoms with van der Waals surface area (Å²) in [6, 6.07) is 0. The van der Waals surface area contributed by atoms with Crippen LogP contribution in [0.3, 0.4) is 0 Å². The maximum Gasteiger partial charge on any atom is 0.225 e. The van der Waals surface area contributed by atoms with Crippen LogP contribution in [0.4, 0.5) is 0 Å². The normalized spacial score (nSPS) is 40.7. The lowest BCUT2D eigenvalue weighted by Crippen LogP contribution is -2.54. The summed E-state index contributed by atoms with van der Waals surface area (Å²) in [5.41, 5.74) is -0.0272. The van der Waals surface area contributed by atoms with Gasteiger partial charge in [-0.3, -0.25) is 4.79 Å². The van der Waals surface area contributed by atoms with Crippen LogP contribution in [-0.2, 0) is 9.53 Å². The molecule has 1 saturated heterocycles.